The number of thiazole rings is 1. The van der Waals surface area contributed by atoms with Gasteiger partial charge in [-0.15, -0.1) is 11.3 Å². The number of aliphatic hydroxyl groups is 1. The van der Waals surface area contributed by atoms with E-state index in [4.69, 9.17) is 4.74 Å². The molecular weight excluding hydrogens is 1100 g/mol. The van der Waals surface area contributed by atoms with Crippen LogP contribution in [0.1, 0.15) is 161 Å². The predicted molar refractivity (Wildman–Crippen MR) is 341 cm³/mol. The summed E-state index contributed by atoms with van der Waals surface area (Å²) in [6, 6.07) is 21.3. The molecule has 5 heterocycles. The molecule has 0 spiro atoms. The van der Waals surface area contributed by atoms with Crippen LogP contribution in [0.4, 0.5) is 5.69 Å². The molecule has 1 unspecified atom stereocenters. The summed E-state index contributed by atoms with van der Waals surface area (Å²) in [5.41, 5.74) is 11.8. The van der Waals surface area contributed by atoms with Crippen molar-refractivity contribution in [3.8, 4) is 21.6 Å². The summed E-state index contributed by atoms with van der Waals surface area (Å²) < 4.78 is 5.72. The van der Waals surface area contributed by atoms with E-state index in [1.807, 2.05) is 95.3 Å². The van der Waals surface area contributed by atoms with Crippen LogP contribution in [-0.4, -0.2) is 136 Å². The summed E-state index contributed by atoms with van der Waals surface area (Å²) in [5, 5.41) is 19.7. The SMILES string of the molecule is CCN(c1cc(-c2ccc(CN3CCN(C(=O)CCCCCCCCCCC(=O)NC(C(=O)N4C[C@H](O)C[C@@H]4C(=O)NCc4ccc(-c5scnc5C)cc4)C(C)(C)C)CC3)cc2)cc(C(=O)NCc2c(C)cc(C)[nH]c2=O)c1C)C1CCOCC1. The summed E-state index contributed by atoms with van der Waals surface area (Å²) in [7, 11) is 0. The minimum absolute atomic E-state index is 0.0284. The molecule has 3 aliphatic heterocycles. The second-order valence-electron chi connectivity index (χ2n) is 25.0. The molecule has 18 heteroatoms. The molecule has 0 aliphatic carbocycles. The third-order valence-electron chi connectivity index (χ3n) is 17.5. The fourth-order valence-electron chi connectivity index (χ4n) is 12.4. The number of nitrogens with zero attached hydrogens (tertiary/aromatic N) is 5. The number of H-pyrrole nitrogens is 1. The first-order chi connectivity index (χ1) is 41.3. The first-order valence-electron chi connectivity index (χ1n) is 31.4. The molecule has 3 aromatic carbocycles. The van der Waals surface area contributed by atoms with Crippen LogP contribution in [0.5, 0.6) is 0 Å². The average molecular weight is 1200 g/mol. The zero-order valence-electron chi connectivity index (χ0n) is 52.2. The summed E-state index contributed by atoms with van der Waals surface area (Å²) in [6.45, 7) is 22.1. The lowest BCUT2D eigenvalue weighted by molar-refractivity contribution is -0.144. The fraction of sp³-hybridized carbons (Fsp3) is 0.544. The van der Waals surface area contributed by atoms with Crippen molar-refractivity contribution < 1.29 is 33.8 Å². The topological polar surface area (TPSA) is 210 Å². The van der Waals surface area contributed by atoms with Gasteiger partial charge in [0.1, 0.15) is 12.1 Å². The first-order valence-corrected chi connectivity index (χ1v) is 32.3. The van der Waals surface area contributed by atoms with E-state index >= 15 is 0 Å². The van der Waals surface area contributed by atoms with Crippen molar-refractivity contribution in [1.29, 1.82) is 0 Å². The Labute approximate surface area is 513 Å². The molecule has 0 radical (unpaired) electrons. The Morgan fingerprint density at radius 3 is 2.06 bits per heavy atom. The van der Waals surface area contributed by atoms with E-state index in [-0.39, 0.29) is 61.2 Å². The lowest BCUT2D eigenvalue weighted by Crippen LogP contribution is -2.57. The Bertz CT molecular complexity index is 3160. The van der Waals surface area contributed by atoms with Crippen LogP contribution in [0.15, 0.2) is 77.0 Å². The van der Waals surface area contributed by atoms with Crippen molar-refractivity contribution in [1.82, 2.24) is 40.6 Å². The molecule has 5 N–H and O–H groups in total. The highest BCUT2D eigenvalue weighted by Gasteiger charge is 2.44. The van der Waals surface area contributed by atoms with Gasteiger partial charge in [0.15, 0.2) is 0 Å². The number of amides is 5. The standard InChI is InChI=1S/C68H93N9O8S/c1-9-76(54-28-34-85-35-29-54)58-38-53(37-56(47(58)4)64(81)70-41-57-45(2)36-46(3)72-65(57)82)51-24-22-50(23-25-51)42-74-30-32-75(33-31-74)61(80)19-17-15-13-11-10-12-14-16-18-60(79)73-63(68(6,7)8)67(84)77-43-55(78)39-59(77)66(83)69-40-49-20-26-52(27-21-49)62-48(5)71-44-86-62/h20-27,36-38,44,54-55,59,63,78H,9-19,28-35,39-43H2,1-8H3,(H,69,83)(H,70,81)(H,72,82)(H,73,79)/t55-,59-,63?/m1/s1. The molecule has 3 saturated heterocycles. The van der Waals surface area contributed by atoms with E-state index in [0.717, 1.165) is 139 Å². The summed E-state index contributed by atoms with van der Waals surface area (Å²) in [6.07, 6.45) is 9.69. The van der Waals surface area contributed by atoms with E-state index in [1.54, 1.807) is 11.3 Å². The number of aliphatic hydroxyl groups excluding tert-OH is 1. The predicted octanol–water partition coefficient (Wildman–Crippen LogP) is 9.69. The number of unbranched alkanes of at least 4 members (excludes halogenated alkanes) is 7. The number of anilines is 1. The van der Waals surface area contributed by atoms with Gasteiger partial charge in [0.05, 0.1) is 22.2 Å². The highest BCUT2D eigenvalue weighted by molar-refractivity contribution is 7.13. The number of aryl methyl sites for hydroxylation is 3. The maximum Gasteiger partial charge on any atom is 0.253 e. The number of hydrogen-bond donors (Lipinski definition) is 5. The van der Waals surface area contributed by atoms with E-state index in [0.29, 0.717) is 62.7 Å². The van der Waals surface area contributed by atoms with Crippen molar-refractivity contribution in [2.24, 2.45) is 5.41 Å². The Morgan fingerprint density at radius 2 is 1.43 bits per heavy atom. The molecular formula is C68H93N9O8S. The number of pyridine rings is 1. The number of nitrogens with one attached hydrogen (secondary N) is 4. The van der Waals surface area contributed by atoms with Crippen LogP contribution >= 0.6 is 11.3 Å². The first kappa shape index (κ1) is 65.2. The third-order valence-corrected chi connectivity index (χ3v) is 18.5. The van der Waals surface area contributed by atoms with Crippen LogP contribution in [0, 0.1) is 33.1 Å². The maximum absolute atomic E-state index is 14.1. The normalized spacial score (nSPS) is 17.1. The molecule has 0 saturated carbocycles. The molecule has 0 bridgehead atoms. The van der Waals surface area contributed by atoms with Crippen molar-refractivity contribution >= 4 is 46.6 Å². The maximum atomic E-state index is 14.1. The Hall–Kier alpha value is -6.73. The monoisotopic (exact) mass is 1200 g/mol. The van der Waals surface area contributed by atoms with Gasteiger partial charge in [-0.05, 0) is 123 Å². The minimum Gasteiger partial charge on any atom is -0.391 e. The van der Waals surface area contributed by atoms with Crippen molar-refractivity contribution in [2.75, 3.05) is 57.4 Å². The number of β-amino-alcohol motifs (C(OH)–C–C–N with tert-alkyl or cyclic N) is 1. The van der Waals surface area contributed by atoms with Gasteiger partial charge in [-0.2, -0.15) is 0 Å². The number of rotatable bonds is 26. The molecule has 8 rings (SSSR count). The number of aromatic amines is 1. The van der Waals surface area contributed by atoms with Gasteiger partial charge in [0, 0.05) is 120 Å². The Kier molecular flexibility index (Phi) is 23.3. The van der Waals surface area contributed by atoms with E-state index in [2.05, 4.69) is 73.0 Å². The zero-order chi connectivity index (χ0) is 61.5. The van der Waals surface area contributed by atoms with Crippen LogP contribution < -0.4 is 26.4 Å². The number of carbonyl (C=O) groups excluding carboxylic acids is 5. The lowest BCUT2D eigenvalue weighted by atomic mass is 9.85. The van der Waals surface area contributed by atoms with Gasteiger partial charge in [-0.3, -0.25) is 33.7 Å². The number of hydrogen-bond acceptors (Lipinski definition) is 12. The molecule has 3 fully saturated rings. The second kappa shape index (κ2) is 30.8. The molecule has 464 valence electrons. The van der Waals surface area contributed by atoms with Crippen LogP contribution in [0.3, 0.4) is 0 Å². The zero-order valence-corrected chi connectivity index (χ0v) is 53.0. The van der Waals surface area contributed by atoms with Crippen LogP contribution in [0.25, 0.3) is 21.6 Å². The van der Waals surface area contributed by atoms with Crippen LogP contribution in [-0.2, 0) is 43.5 Å². The smallest absolute Gasteiger partial charge is 0.253 e. The average Bonchev–Trinajstić information content (AvgIpc) is 2.25. The van der Waals surface area contributed by atoms with Crippen molar-refractivity contribution in [2.45, 2.75) is 183 Å². The highest BCUT2D eigenvalue weighted by Crippen LogP contribution is 2.35. The lowest BCUT2D eigenvalue weighted by Gasteiger charge is -2.37. The minimum atomic E-state index is -0.858. The largest absolute Gasteiger partial charge is 0.391 e. The van der Waals surface area contributed by atoms with Gasteiger partial charge >= 0.3 is 0 Å². The number of aromatic nitrogens is 2. The van der Waals surface area contributed by atoms with E-state index in [9.17, 15) is 33.9 Å². The van der Waals surface area contributed by atoms with E-state index < -0.39 is 23.6 Å². The van der Waals surface area contributed by atoms with Gasteiger partial charge in [0.2, 0.25) is 23.6 Å². The highest BCUT2D eigenvalue weighted by atomic mass is 32.1. The third kappa shape index (κ3) is 17.5. The van der Waals surface area contributed by atoms with E-state index in [1.165, 1.54) is 10.5 Å². The summed E-state index contributed by atoms with van der Waals surface area (Å²) in [4.78, 5) is 97.6. The number of piperazine rings is 1. The van der Waals surface area contributed by atoms with Gasteiger partial charge < -0.3 is 45.5 Å². The van der Waals surface area contributed by atoms with Gasteiger partial charge in [-0.25, -0.2) is 4.98 Å². The Morgan fingerprint density at radius 1 is 0.791 bits per heavy atom. The fourth-order valence-corrected chi connectivity index (χ4v) is 13.2. The summed E-state index contributed by atoms with van der Waals surface area (Å²) >= 11 is 1.58. The molecule has 5 aromatic rings. The molecule has 2 aromatic heterocycles. The quantitative estimate of drug-likeness (QED) is 0.0329. The molecule has 3 aliphatic rings. The number of carbonyl (C=O) groups is 5. The number of likely N-dealkylation sites (tertiary alicyclic amines) is 1. The molecule has 86 heavy (non-hydrogen) atoms. The Balaban J connectivity index is 0.715. The molecule has 3 atom stereocenters. The van der Waals surface area contributed by atoms with Gasteiger partial charge in [0.25, 0.3) is 11.5 Å². The number of ether oxygens (including phenoxy) is 1. The van der Waals surface area contributed by atoms with Crippen LogP contribution in [0.2, 0.25) is 0 Å². The number of benzene rings is 3. The molecule has 5 amide bonds. The summed E-state index contributed by atoms with van der Waals surface area (Å²) in [5.74, 6) is -0.883. The second-order valence-corrected chi connectivity index (χ2v) is 25.9. The van der Waals surface area contributed by atoms with Gasteiger partial charge in [-0.1, -0.05) is 108 Å². The molecule has 17 nitrogen and oxygen atoms in total. The van der Waals surface area contributed by atoms with Crippen molar-refractivity contribution in [3.63, 3.8) is 0 Å². The van der Waals surface area contributed by atoms with Crippen molar-refractivity contribution in [3.05, 3.63) is 127 Å².